The summed E-state index contributed by atoms with van der Waals surface area (Å²) in [5, 5.41) is 1.91. The molecule has 0 unspecified atom stereocenters. The maximum Gasteiger partial charge on any atom is 0.309 e. The maximum absolute atomic E-state index is 12.4. The number of piperidine rings is 1. The molecule has 2 heterocycles. The zero-order valence-corrected chi connectivity index (χ0v) is 17.1. The third kappa shape index (κ3) is 4.98. The van der Waals surface area contributed by atoms with Gasteiger partial charge in [-0.2, -0.15) is 0 Å². The average Bonchev–Trinajstić information content (AvgIpc) is 3.20. The molecule has 1 aromatic carbocycles. The lowest BCUT2D eigenvalue weighted by Gasteiger charge is -2.30. The molecule has 1 aliphatic rings. The Balaban J connectivity index is 1.46. The minimum Gasteiger partial charge on any atom is -0.461 e. The van der Waals surface area contributed by atoms with Crippen LogP contribution in [-0.2, 0) is 21.6 Å². The van der Waals surface area contributed by atoms with Gasteiger partial charge in [-0.1, -0.05) is 51.1 Å². The summed E-state index contributed by atoms with van der Waals surface area (Å²) in [6.45, 7) is 8.05. The Labute approximate surface area is 165 Å². The first kappa shape index (κ1) is 19.6. The number of likely N-dealkylation sites (tertiary alicyclic amines) is 1. The van der Waals surface area contributed by atoms with E-state index in [1.807, 2.05) is 34.5 Å². The van der Waals surface area contributed by atoms with Crippen molar-refractivity contribution >= 4 is 23.2 Å². The molecule has 0 spiro atoms. The lowest BCUT2D eigenvalue weighted by atomic mass is 9.87. The summed E-state index contributed by atoms with van der Waals surface area (Å²) >= 11 is 1.46. The predicted molar refractivity (Wildman–Crippen MR) is 108 cm³/mol. The highest BCUT2D eigenvalue weighted by atomic mass is 32.1. The molecule has 1 fully saturated rings. The number of carbonyl (C=O) groups is 2. The normalized spacial score (nSPS) is 15.6. The lowest BCUT2D eigenvalue weighted by molar-refractivity contribution is -0.151. The Bertz CT molecular complexity index is 767. The van der Waals surface area contributed by atoms with Gasteiger partial charge in [0.05, 0.1) is 10.8 Å². The van der Waals surface area contributed by atoms with Gasteiger partial charge >= 0.3 is 5.97 Å². The van der Waals surface area contributed by atoms with Crippen LogP contribution in [0, 0.1) is 5.92 Å². The van der Waals surface area contributed by atoms with Gasteiger partial charge in [0.25, 0.3) is 5.91 Å². The number of ether oxygens (including phenoxy) is 1. The fourth-order valence-electron chi connectivity index (χ4n) is 3.25. The number of carbonyl (C=O) groups excluding carboxylic acids is 2. The van der Waals surface area contributed by atoms with Crippen LogP contribution in [0.1, 0.15) is 54.4 Å². The van der Waals surface area contributed by atoms with Crippen molar-refractivity contribution in [3.63, 3.8) is 0 Å². The second-order valence-electron chi connectivity index (χ2n) is 8.10. The van der Waals surface area contributed by atoms with Gasteiger partial charge < -0.3 is 9.64 Å². The van der Waals surface area contributed by atoms with Crippen LogP contribution >= 0.6 is 11.3 Å². The topological polar surface area (TPSA) is 46.6 Å². The molecule has 144 valence electrons. The summed E-state index contributed by atoms with van der Waals surface area (Å²) in [5.74, 6) is -0.208. The molecule has 2 aromatic rings. The van der Waals surface area contributed by atoms with Gasteiger partial charge in [-0.15, -0.1) is 11.3 Å². The van der Waals surface area contributed by atoms with Gasteiger partial charge in [-0.3, -0.25) is 9.59 Å². The van der Waals surface area contributed by atoms with E-state index in [0.29, 0.717) is 32.5 Å². The van der Waals surface area contributed by atoms with Crippen LogP contribution in [0.2, 0.25) is 0 Å². The van der Waals surface area contributed by atoms with E-state index in [4.69, 9.17) is 4.74 Å². The maximum atomic E-state index is 12.4. The molecule has 1 aliphatic heterocycles. The quantitative estimate of drug-likeness (QED) is 0.720. The molecule has 0 bridgehead atoms. The van der Waals surface area contributed by atoms with E-state index in [0.717, 1.165) is 10.4 Å². The minimum absolute atomic E-state index is 0.0655. The first-order valence-corrected chi connectivity index (χ1v) is 10.3. The zero-order valence-electron chi connectivity index (χ0n) is 16.2. The van der Waals surface area contributed by atoms with E-state index in [-0.39, 0.29) is 23.2 Å². The summed E-state index contributed by atoms with van der Waals surface area (Å²) in [5.41, 5.74) is 2.38. The Morgan fingerprint density at radius 1 is 1.11 bits per heavy atom. The largest absolute Gasteiger partial charge is 0.461 e. The van der Waals surface area contributed by atoms with Gasteiger partial charge in [0, 0.05) is 13.1 Å². The summed E-state index contributed by atoms with van der Waals surface area (Å²) in [4.78, 5) is 27.3. The molecule has 1 aromatic heterocycles. The van der Waals surface area contributed by atoms with Crippen LogP contribution in [0.5, 0.6) is 0 Å². The number of thiophene rings is 1. The summed E-state index contributed by atoms with van der Waals surface area (Å²) in [6, 6.07) is 12.0. The van der Waals surface area contributed by atoms with Crippen molar-refractivity contribution in [2.24, 2.45) is 5.92 Å². The van der Waals surface area contributed by atoms with Crippen molar-refractivity contribution < 1.29 is 14.3 Å². The van der Waals surface area contributed by atoms with E-state index in [9.17, 15) is 9.59 Å². The molecule has 0 atom stereocenters. The predicted octanol–water partition coefficient (Wildman–Crippen LogP) is 4.64. The summed E-state index contributed by atoms with van der Waals surface area (Å²) in [7, 11) is 0. The fourth-order valence-corrected chi connectivity index (χ4v) is 3.94. The minimum atomic E-state index is -0.155. The molecule has 0 N–H and O–H groups in total. The van der Waals surface area contributed by atoms with Crippen LogP contribution in [-0.4, -0.2) is 29.9 Å². The van der Waals surface area contributed by atoms with Crippen molar-refractivity contribution in [1.82, 2.24) is 4.90 Å². The van der Waals surface area contributed by atoms with Crippen molar-refractivity contribution in [3.05, 3.63) is 57.8 Å². The number of hydrogen-bond acceptors (Lipinski definition) is 4. The smallest absolute Gasteiger partial charge is 0.309 e. The van der Waals surface area contributed by atoms with Gasteiger partial charge in [-0.25, -0.2) is 0 Å². The lowest BCUT2D eigenvalue weighted by Crippen LogP contribution is -2.40. The molecule has 27 heavy (non-hydrogen) atoms. The molecule has 5 heteroatoms. The molecule has 1 amide bonds. The molecule has 4 nitrogen and oxygen atoms in total. The molecule has 3 rings (SSSR count). The van der Waals surface area contributed by atoms with Crippen molar-refractivity contribution in [2.75, 3.05) is 13.1 Å². The number of amides is 1. The van der Waals surface area contributed by atoms with E-state index in [2.05, 4.69) is 32.9 Å². The van der Waals surface area contributed by atoms with Gasteiger partial charge in [0.1, 0.15) is 6.61 Å². The third-order valence-corrected chi connectivity index (χ3v) is 5.91. The second kappa shape index (κ2) is 8.26. The first-order valence-electron chi connectivity index (χ1n) is 9.43. The van der Waals surface area contributed by atoms with E-state index >= 15 is 0 Å². The summed E-state index contributed by atoms with van der Waals surface area (Å²) in [6.07, 6.45) is 1.33. The van der Waals surface area contributed by atoms with Gasteiger partial charge in [0.15, 0.2) is 0 Å². The van der Waals surface area contributed by atoms with Crippen molar-refractivity contribution in [1.29, 1.82) is 0 Å². The van der Waals surface area contributed by atoms with Gasteiger partial charge in [-0.05, 0) is 40.8 Å². The van der Waals surface area contributed by atoms with Crippen LogP contribution in [0.3, 0.4) is 0 Å². The number of esters is 1. The highest BCUT2D eigenvalue weighted by Crippen LogP contribution is 2.24. The SMILES string of the molecule is CC(C)(C)c1ccc(COC(=O)C2CCN(C(=O)c3cccs3)CC2)cc1. The van der Waals surface area contributed by atoms with Gasteiger partial charge in [0.2, 0.25) is 0 Å². The number of hydrogen-bond donors (Lipinski definition) is 0. The van der Waals surface area contributed by atoms with Crippen molar-refractivity contribution in [2.45, 2.75) is 45.6 Å². The van der Waals surface area contributed by atoms with Crippen LogP contribution in [0.25, 0.3) is 0 Å². The fraction of sp³-hybridized carbons (Fsp3) is 0.455. The number of benzene rings is 1. The van der Waals surface area contributed by atoms with E-state index < -0.39 is 0 Å². The van der Waals surface area contributed by atoms with Crippen LogP contribution in [0.15, 0.2) is 41.8 Å². The molecule has 0 radical (unpaired) electrons. The zero-order chi connectivity index (χ0) is 19.4. The second-order valence-corrected chi connectivity index (χ2v) is 9.05. The third-order valence-electron chi connectivity index (χ3n) is 5.05. The van der Waals surface area contributed by atoms with E-state index in [1.54, 1.807) is 0 Å². The van der Waals surface area contributed by atoms with Crippen LogP contribution in [0.4, 0.5) is 0 Å². The average molecular weight is 386 g/mol. The number of nitrogens with zero attached hydrogens (tertiary/aromatic N) is 1. The Kier molecular flexibility index (Phi) is 6.00. The van der Waals surface area contributed by atoms with Crippen LogP contribution < -0.4 is 0 Å². The Morgan fingerprint density at radius 2 is 1.78 bits per heavy atom. The highest BCUT2D eigenvalue weighted by molar-refractivity contribution is 7.12. The van der Waals surface area contributed by atoms with Crippen molar-refractivity contribution in [3.8, 4) is 0 Å². The standard InChI is InChI=1S/C22H27NO3S/c1-22(2,3)18-8-6-16(7-9-18)15-26-21(25)17-10-12-23(13-11-17)20(24)19-5-4-14-27-19/h4-9,14,17H,10-13,15H2,1-3H3. The number of rotatable bonds is 4. The molecular weight excluding hydrogens is 358 g/mol. The highest BCUT2D eigenvalue weighted by Gasteiger charge is 2.29. The monoisotopic (exact) mass is 385 g/mol. The first-order chi connectivity index (χ1) is 12.8. The molecule has 0 aliphatic carbocycles. The molecule has 1 saturated heterocycles. The Hall–Kier alpha value is -2.14. The molecular formula is C22H27NO3S. The molecule has 0 saturated carbocycles. The van der Waals surface area contributed by atoms with E-state index in [1.165, 1.54) is 16.9 Å². The Morgan fingerprint density at radius 3 is 2.33 bits per heavy atom. The summed E-state index contributed by atoms with van der Waals surface area (Å²) < 4.78 is 5.52.